The average Bonchev–Trinajstić information content (AvgIpc) is 3.06. The third kappa shape index (κ3) is 3.06. The van der Waals surface area contributed by atoms with Gasteiger partial charge in [0.25, 0.3) is 5.69 Å². The number of nitro benzene ring substituents is 1. The normalized spacial score (nSPS) is 20.2. The summed E-state index contributed by atoms with van der Waals surface area (Å²) in [6.07, 6.45) is -0.860. The smallest absolute Gasteiger partial charge is 0.271 e. The fourth-order valence-corrected chi connectivity index (χ4v) is 4.53. The first-order valence-corrected chi connectivity index (χ1v) is 9.38. The maximum absolute atomic E-state index is 11.0. The molecular formula is C19H16N4O4S. The number of fused-ring (bicyclic) bond motifs is 2. The highest BCUT2D eigenvalue weighted by Gasteiger charge is 2.43. The second-order valence-electron chi connectivity index (χ2n) is 7.05. The first kappa shape index (κ1) is 18.3. The van der Waals surface area contributed by atoms with Crippen molar-refractivity contribution in [3.05, 3.63) is 57.6 Å². The molecule has 1 aliphatic heterocycles. The van der Waals surface area contributed by atoms with E-state index in [0.29, 0.717) is 33.1 Å². The predicted octanol–water partition coefficient (Wildman–Crippen LogP) is 3.71. The van der Waals surface area contributed by atoms with Gasteiger partial charge in [0.2, 0.25) is 0 Å². The van der Waals surface area contributed by atoms with Crippen LogP contribution in [0.5, 0.6) is 5.75 Å². The standard InChI is InChI=1S/C19H16N4O4S/c1-19(2)17(24)16(12-7-10(9-20)3-6-15(12)27-19)28-18-21-13-5-4-11(23(25)26)8-14(13)22-18/h3-8,16-17,24H,1-2H3,(H,21,22)/t16-,17+/m1/s1. The number of non-ortho nitro benzene ring substituents is 1. The molecule has 0 unspecified atom stereocenters. The van der Waals surface area contributed by atoms with E-state index >= 15 is 0 Å². The lowest BCUT2D eigenvalue weighted by Crippen LogP contribution is -2.48. The number of imidazole rings is 1. The van der Waals surface area contributed by atoms with E-state index in [1.165, 1.54) is 23.9 Å². The number of nitriles is 1. The van der Waals surface area contributed by atoms with Crippen molar-refractivity contribution >= 4 is 28.5 Å². The van der Waals surface area contributed by atoms with Crippen molar-refractivity contribution in [1.82, 2.24) is 9.97 Å². The molecule has 2 heterocycles. The molecule has 8 nitrogen and oxygen atoms in total. The number of nitrogens with zero attached hydrogens (tertiary/aromatic N) is 3. The number of aromatic amines is 1. The quantitative estimate of drug-likeness (QED) is 0.510. The highest BCUT2D eigenvalue weighted by atomic mass is 32.2. The molecule has 2 N–H and O–H groups in total. The monoisotopic (exact) mass is 396 g/mol. The van der Waals surface area contributed by atoms with E-state index in [9.17, 15) is 20.5 Å². The molecule has 0 fully saturated rings. The zero-order valence-corrected chi connectivity index (χ0v) is 15.9. The van der Waals surface area contributed by atoms with Gasteiger partial charge in [-0.25, -0.2) is 4.98 Å². The fourth-order valence-electron chi connectivity index (χ4n) is 3.20. The van der Waals surface area contributed by atoms with Crippen molar-refractivity contribution in [2.75, 3.05) is 0 Å². The van der Waals surface area contributed by atoms with Crippen LogP contribution in [-0.4, -0.2) is 31.7 Å². The first-order chi connectivity index (χ1) is 13.3. The van der Waals surface area contributed by atoms with E-state index in [-0.39, 0.29) is 5.69 Å². The number of thioether (sulfide) groups is 1. The van der Waals surface area contributed by atoms with E-state index in [1.807, 2.05) is 0 Å². The molecule has 1 aromatic heterocycles. The Morgan fingerprint density at radius 1 is 1.36 bits per heavy atom. The summed E-state index contributed by atoms with van der Waals surface area (Å²) in [5, 5.41) is 31.2. The lowest BCUT2D eigenvalue weighted by atomic mass is 9.90. The van der Waals surface area contributed by atoms with Crippen molar-refractivity contribution in [1.29, 1.82) is 5.26 Å². The molecule has 4 rings (SSSR count). The maximum Gasteiger partial charge on any atom is 0.271 e. The molecule has 0 spiro atoms. The summed E-state index contributed by atoms with van der Waals surface area (Å²) in [6, 6.07) is 11.6. The topological polar surface area (TPSA) is 125 Å². The van der Waals surface area contributed by atoms with Gasteiger partial charge in [-0.1, -0.05) is 11.8 Å². The van der Waals surface area contributed by atoms with Crippen LogP contribution in [0.2, 0.25) is 0 Å². The Balaban J connectivity index is 1.75. The van der Waals surface area contributed by atoms with Gasteiger partial charge in [-0.3, -0.25) is 10.1 Å². The van der Waals surface area contributed by atoms with Gasteiger partial charge in [-0.2, -0.15) is 5.26 Å². The minimum absolute atomic E-state index is 0.0241. The third-order valence-corrected chi connectivity index (χ3v) is 5.89. The highest BCUT2D eigenvalue weighted by Crippen LogP contribution is 2.49. The number of nitro groups is 1. The Bertz CT molecular complexity index is 1130. The number of hydrogen-bond acceptors (Lipinski definition) is 7. The summed E-state index contributed by atoms with van der Waals surface area (Å²) in [6.45, 7) is 3.60. The van der Waals surface area contributed by atoms with Crippen LogP contribution in [0.3, 0.4) is 0 Å². The molecule has 3 aromatic rings. The molecule has 28 heavy (non-hydrogen) atoms. The summed E-state index contributed by atoms with van der Waals surface area (Å²) >= 11 is 1.30. The Kier molecular flexibility index (Phi) is 4.25. The second kappa shape index (κ2) is 6.51. The van der Waals surface area contributed by atoms with Crippen LogP contribution in [-0.2, 0) is 0 Å². The van der Waals surface area contributed by atoms with Crippen LogP contribution >= 0.6 is 11.8 Å². The molecule has 0 saturated carbocycles. The van der Waals surface area contributed by atoms with E-state index in [2.05, 4.69) is 16.0 Å². The number of H-pyrrole nitrogens is 1. The third-order valence-electron chi connectivity index (χ3n) is 4.71. The maximum atomic E-state index is 11.0. The number of ether oxygens (including phenoxy) is 1. The summed E-state index contributed by atoms with van der Waals surface area (Å²) < 4.78 is 5.92. The Labute approximate surface area is 164 Å². The largest absolute Gasteiger partial charge is 0.485 e. The van der Waals surface area contributed by atoms with Gasteiger partial charge in [0.1, 0.15) is 17.5 Å². The molecule has 0 amide bonds. The van der Waals surface area contributed by atoms with Crippen molar-refractivity contribution < 1.29 is 14.8 Å². The summed E-state index contributed by atoms with van der Waals surface area (Å²) in [4.78, 5) is 18.1. The van der Waals surface area contributed by atoms with E-state index in [4.69, 9.17) is 4.74 Å². The second-order valence-corrected chi connectivity index (χ2v) is 8.18. The zero-order chi connectivity index (χ0) is 20.1. The molecule has 0 radical (unpaired) electrons. The molecule has 9 heteroatoms. The van der Waals surface area contributed by atoms with E-state index < -0.39 is 21.9 Å². The van der Waals surface area contributed by atoms with Crippen LogP contribution in [0.4, 0.5) is 5.69 Å². The van der Waals surface area contributed by atoms with Gasteiger partial charge in [-0.15, -0.1) is 0 Å². The SMILES string of the molecule is CC1(C)Oc2ccc(C#N)cc2[C@@H](Sc2nc3ccc([N+](=O)[O-])cc3[nH]2)[C@@H]1O. The number of benzene rings is 2. The van der Waals surface area contributed by atoms with Gasteiger partial charge in [0, 0.05) is 17.7 Å². The number of aliphatic hydroxyl groups is 1. The van der Waals surface area contributed by atoms with Gasteiger partial charge in [-0.05, 0) is 38.1 Å². The number of rotatable bonds is 3. The fraction of sp³-hybridized carbons (Fsp3) is 0.263. The Morgan fingerprint density at radius 3 is 2.86 bits per heavy atom. The Hall–Kier alpha value is -3.09. The molecule has 0 saturated heterocycles. The number of aliphatic hydroxyl groups excluding tert-OH is 1. The zero-order valence-electron chi connectivity index (χ0n) is 15.0. The van der Waals surface area contributed by atoms with Crippen molar-refractivity contribution in [3.8, 4) is 11.8 Å². The molecule has 0 bridgehead atoms. The van der Waals surface area contributed by atoms with Crippen LogP contribution in [0.1, 0.15) is 30.2 Å². The van der Waals surface area contributed by atoms with Crippen LogP contribution in [0.15, 0.2) is 41.6 Å². The number of nitrogens with one attached hydrogen (secondary N) is 1. The van der Waals surface area contributed by atoms with Crippen molar-refractivity contribution in [2.45, 2.75) is 36.0 Å². The van der Waals surface area contributed by atoms with E-state index in [0.717, 1.165) is 0 Å². The van der Waals surface area contributed by atoms with Gasteiger partial charge in [0.05, 0.1) is 32.8 Å². The van der Waals surface area contributed by atoms with Gasteiger partial charge in [0.15, 0.2) is 5.16 Å². The molecule has 1 aliphatic rings. The first-order valence-electron chi connectivity index (χ1n) is 8.50. The minimum atomic E-state index is -0.860. The van der Waals surface area contributed by atoms with Gasteiger partial charge >= 0.3 is 0 Å². The number of aromatic nitrogens is 2. The predicted molar refractivity (Wildman–Crippen MR) is 103 cm³/mol. The molecular weight excluding hydrogens is 380 g/mol. The molecule has 142 valence electrons. The van der Waals surface area contributed by atoms with E-state index in [1.54, 1.807) is 38.1 Å². The van der Waals surface area contributed by atoms with Crippen LogP contribution in [0.25, 0.3) is 11.0 Å². The van der Waals surface area contributed by atoms with Crippen molar-refractivity contribution in [3.63, 3.8) is 0 Å². The molecule has 0 aliphatic carbocycles. The molecule has 2 atom stereocenters. The summed E-state index contributed by atoms with van der Waals surface area (Å²) in [5.41, 5.74) is 1.47. The number of hydrogen-bond donors (Lipinski definition) is 2. The lowest BCUT2D eigenvalue weighted by molar-refractivity contribution is -0.384. The summed E-state index contributed by atoms with van der Waals surface area (Å²) in [7, 11) is 0. The highest BCUT2D eigenvalue weighted by molar-refractivity contribution is 7.99. The van der Waals surface area contributed by atoms with Crippen LogP contribution in [0, 0.1) is 21.4 Å². The average molecular weight is 396 g/mol. The lowest BCUT2D eigenvalue weighted by Gasteiger charge is -2.41. The van der Waals surface area contributed by atoms with Crippen LogP contribution < -0.4 is 4.74 Å². The summed E-state index contributed by atoms with van der Waals surface area (Å²) in [5.74, 6) is 0.610. The van der Waals surface area contributed by atoms with Crippen molar-refractivity contribution in [2.24, 2.45) is 0 Å². The van der Waals surface area contributed by atoms with Gasteiger partial charge < -0.3 is 14.8 Å². The minimum Gasteiger partial charge on any atom is -0.485 e. The Morgan fingerprint density at radius 2 is 2.14 bits per heavy atom. The molecule has 2 aromatic carbocycles.